The van der Waals surface area contributed by atoms with Crippen molar-refractivity contribution in [2.75, 3.05) is 25.9 Å². The summed E-state index contributed by atoms with van der Waals surface area (Å²) < 4.78 is 6.39. The number of likely N-dealkylation sites (N-methyl/N-ethyl adjacent to an activating group) is 1. The smallest absolute Gasteiger partial charge is 0.228 e. The lowest BCUT2D eigenvalue weighted by Crippen LogP contribution is -2.26. The van der Waals surface area contributed by atoms with Gasteiger partial charge in [-0.1, -0.05) is 0 Å². The van der Waals surface area contributed by atoms with Crippen LogP contribution in [-0.4, -0.2) is 36.1 Å². The minimum atomic E-state index is 0.610. The van der Waals surface area contributed by atoms with E-state index in [1.54, 1.807) is 12.3 Å². The van der Waals surface area contributed by atoms with Gasteiger partial charge in [0.05, 0.1) is 16.4 Å². The molecule has 0 atom stereocenters. The normalized spacial score (nSPS) is 15.4. The SMILES string of the molecule is CN(CCOc1ncc(N)cc1Br)C1CC1. The van der Waals surface area contributed by atoms with Gasteiger partial charge in [0.15, 0.2) is 0 Å². The van der Waals surface area contributed by atoms with E-state index in [-0.39, 0.29) is 0 Å². The largest absolute Gasteiger partial charge is 0.476 e. The number of nitrogens with zero attached hydrogens (tertiary/aromatic N) is 2. The van der Waals surface area contributed by atoms with Crippen LogP contribution in [0.3, 0.4) is 0 Å². The van der Waals surface area contributed by atoms with E-state index in [9.17, 15) is 0 Å². The van der Waals surface area contributed by atoms with Gasteiger partial charge < -0.3 is 15.4 Å². The number of anilines is 1. The Morgan fingerprint density at radius 3 is 3.00 bits per heavy atom. The molecule has 1 aromatic rings. The highest BCUT2D eigenvalue weighted by Gasteiger charge is 2.25. The molecular formula is C11H16BrN3O. The van der Waals surface area contributed by atoms with Gasteiger partial charge in [-0.05, 0) is 41.9 Å². The number of ether oxygens (including phenoxy) is 1. The van der Waals surface area contributed by atoms with Crippen LogP contribution in [0.15, 0.2) is 16.7 Å². The van der Waals surface area contributed by atoms with Crippen molar-refractivity contribution in [1.82, 2.24) is 9.88 Å². The second-order valence-electron chi connectivity index (χ2n) is 4.12. The molecule has 1 saturated carbocycles. The molecule has 0 radical (unpaired) electrons. The molecule has 1 aliphatic rings. The Bertz CT molecular complexity index is 368. The van der Waals surface area contributed by atoms with Gasteiger partial charge in [0.25, 0.3) is 0 Å². The van der Waals surface area contributed by atoms with Crippen LogP contribution in [0.2, 0.25) is 0 Å². The van der Waals surface area contributed by atoms with E-state index in [0.717, 1.165) is 17.1 Å². The second-order valence-corrected chi connectivity index (χ2v) is 4.97. The summed E-state index contributed by atoms with van der Waals surface area (Å²) >= 11 is 3.37. The molecule has 1 aliphatic carbocycles. The first-order chi connectivity index (χ1) is 7.66. The van der Waals surface area contributed by atoms with E-state index in [1.807, 2.05) is 0 Å². The Labute approximate surface area is 104 Å². The molecule has 1 aromatic heterocycles. The van der Waals surface area contributed by atoms with Gasteiger partial charge in [-0.2, -0.15) is 0 Å². The molecule has 16 heavy (non-hydrogen) atoms. The van der Waals surface area contributed by atoms with Crippen molar-refractivity contribution in [2.45, 2.75) is 18.9 Å². The van der Waals surface area contributed by atoms with Crippen molar-refractivity contribution in [3.05, 3.63) is 16.7 Å². The molecule has 0 saturated heterocycles. The third-order valence-corrected chi connectivity index (χ3v) is 3.25. The lowest BCUT2D eigenvalue weighted by Gasteiger charge is -2.15. The third-order valence-electron chi connectivity index (χ3n) is 2.68. The first kappa shape index (κ1) is 11.7. The van der Waals surface area contributed by atoms with Crippen molar-refractivity contribution < 1.29 is 4.74 Å². The Balaban J connectivity index is 1.80. The maximum Gasteiger partial charge on any atom is 0.228 e. The number of nitrogens with two attached hydrogens (primary N) is 1. The summed E-state index contributed by atoms with van der Waals surface area (Å²) in [6.07, 6.45) is 4.24. The van der Waals surface area contributed by atoms with E-state index < -0.39 is 0 Å². The average Bonchev–Trinajstić information content (AvgIpc) is 3.04. The minimum Gasteiger partial charge on any atom is -0.476 e. The molecule has 4 nitrogen and oxygen atoms in total. The second kappa shape index (κ2) is 5.01. The molecule has 2 N–H and O–H groups in total. The molecular weight excluding hydrogens is 270 g/mol. The fraction of sp³-hybridized carbons (Fsp3) is 0.545. The monoisotopic (exact) mass is 285 g/mol. The van der Waals surface area contributed by atoms with Gasteiger partial charge in [-0.15, -0.1) is 0 Å². The maximum absolute atomic E-state index is 5.60. The molecule has 2 rings (SSSR count). The molecule has 0 aliphatic heterocycles. The Kier molecular flexibility index (Phi) is 3.66. The van der Waals surface area contributed by atoms with Gasteiger partial charge in [-0.25, -0.2) is 4.98 Å². The summed E-state index contributed by atoms with van der Waals surface area (Å²) in [5, 5.41) is 0. The van der Waals surface area contributed by atoms with Gasteiger partial charge in [0.1, 0.15) is 6.61 Å². The zero-order chi connectivity index (χ0) is 11.5. The number of pyridine rings is 1. The predicted octanol–water partition coefficient (Wildman–Crippen LogP) is 1.90. The zero-order valence-electron chi connectivity index (χ0n) is 9.32. The minimum absolute atomic E-state index is 0.610. The van der Waals surface area contributed by atoms with Crippen LogP contribution >= 0.6 is 15.9 Å². The lowest BCUT2D eigenvalue weighted by molar-refractivity contribution is 0.225. The first-order valence-corrected chi connectivity index (χ1v) is 6.20. The van der Waals surface area contributed by atoms with Crippen molar-refractivity contribution in [3.63, 3.8) is 0 Å². The Morgan fingerprint density at radius 1 is 1.62 bits per heavy atom. The maximum atomic E-state index is 5.60. The number of hydrogen-bond donors (Lipinski definition) is 1. The van der Waals surface area contributed by atoms with Crippen LogP contribution < -0.4 is 10.5 Å². The standard InChI is InChI=1S/C11H16BrN3O/c1-15(9-2-3-9)4-5-16-11-10(12)6-8(13)7-14-11/h6-7,9H,2-5,13H2,1H3. The van der Waals surface area contributed by atoms with Gasteiger partial charge in [0.2, 0.25) is 5.88 Å². The van der Waals surface area contributed by atoms with E-state index in [2.05, 4.69) is 32.9 Å². The highest BCUT2D eigenvalue weighted by Crippen LogP contribution is 2.26. The first-order valence-electron chi connectivity index (χ1n) is 5.41. The molecule has 0 aromatic carbocycles. The number of halogens is 1. The van der Waals surface area contributed by atoms with Crippen molar-refractivity contribution in [1.29, 1.82) is 0 Å². The summed E-state index contributed by atoms with van der Waals surface area (Å²) in [5.41, 5.74) is 6.23. The van der Waals surface area contributed by atoms with Crippen molar-refractivity contribution in [2.24, 2.45) is 0 Å². The highest BCUT2D eigenvalue weighted by molar-refractivity contribution is 9.10. The molecule has 0 spiro atoms. The van der Waals surface area contributed by atoms with Gasteiger partial charge in [0, 0.05) is 12.6 Å². The van der Waals surface area contributed by atoms with E-state index in [4.69, 9.17) is 10.5 Å². The molecule has 0 amide bonds. The molecule has 1 heterocycles. The summed E-state index contributed by atoms with van der Waals surface area (Å²) in [4.78, 5) is 6.45. The number of hydrogen-bond acceptors (Lipinski definition) is 4. The summed E-state index contributed by atoms with van der Waals surface area (Å²) in [7, 11) is 2.13. The van der Waals surface area contributed by atoms with Crippen LogP contribution in [-0.2, 0) is 0 Å². The molecule has 0 unspecified atom stereocenters. The third kappa shape index (κ3) is 3.09. The lowest BCUT2D eigenvalue weighted by atomic mass is 10.4. The number of aromatic nitrogens is 1. The Morgan fingerprint density at radius 2 is 2.38 bits per heavy atom. The molecule has 5 heteroatoms. The predicted molar refractivity (Wildman–Crippen MR) is 67.5 cm³/mol. The molecule has 1 fully saturated rings. The van der Waals surface area contributed by atoms with E-state index in [0.29, 0.717) is 18.2 Å². The van der Waals surface area contributed by atoms with Crippen LogP contribution in [0.5, 0.6) is 5.88 Å². The van der Waals surface area contributed by atoms with Crippen molar-refractivity contribution >= 4 is 21.6 Å². The van der Waals surface area contributed by atoms with Crippen molar-refractivity contribution in [3.8, 4) is 5.88 Å². The van der Waals surface area contributed by atoms with Crippen LogP contribution in [0.4, 0.5) is 5.69 Å². The van der Waals surface area contributed by atoms with Gasteiger partial charge >= 0.3 is 0 Å². The highest BCUT2D eigenvalue weighted by atomic mass is 79.9. The summed E-state index contributed by atoms with van der Waals surface area (Å²) in [6, 6.07) is 2.57. The van der Waals surface area contributed by atoms with Crippen LogP contribution in [0.25, 0.3) is 0 Å². The van der Waals surface area contributed by atoms with Gasteiger partial charge in [-0.3, -0.25) is 0 Å². The fourth-order valence-electron chi connectivity index (χ4n) is 1.53. The van der Waals surface area contributed by atoms with Crippen LogP contribution in [0.1, 0.15) is 12.8 Å². The molecule has 88 valence electrons. The number of nitrogen functional groups attached to an aromatic ring is 1. The summed E-state index contributed by atoms with van der Waals surface area (Å²) in [6.45, 7) is 1.59. The van der Waals surface area contributed by atoms with Crippen LogP contribution in [0, 0.1) is 0 Å². The zero-order valence-corrected chi connectivity index (χ0v) is 10.9. The molecule has 0 bridgehead atoms. The van der Waals surface area contributed by atoms with E-state index >= 15 is 0 Å². The quantitative estimate of drug-likeness (QED) is 0.898. The average molecular weight is 286 g/mol. The van der Waals surface area contributed by atoms with E-state index in [1.165, 1.54) is 12.8 Å². The topological polar surface area (TPSA) is 51.4 Å². The Hall–Kier alpha value is -0.810. The summed E-state index contributed by atoms with van der Waals surface area (Å²) in [5.74, 6) is 0.610. The fourth-order valence-corrected chi connectivity index (χ4v) is 2.01. The number of rotatable bonds is 5.